The van der Waals surface area contributed by atoms with Gasteiger partial charge < -0.3 is 10.6 Å². The van der Waals surface area contributed by atoms with Gasteiger partial charge in [0, 0.05) is 18.8 Å². The first-order chi connectivity index (χ1) is 7.63. The monoisotopic (exact) mass is 224 g/mol. The predicted molar refractivity (Wildman–Crippen MR) is 68.3 cm³/mol. The molecule has 0 radical (unpaired) electrons. The highest BCUT2D eigenvalue weighted by atomic mass is 15.3. The number of nitrogen functional groups attached to an aromatic ring is 1. The SMILES string of the molecule is CCCC(C)N(C)CCCn1ccc(N)n1. The molecule has 2 N–H and O–H groups in total. The van der Waals surface area contributed by atoms with Gasteiger partial charge in [-0.3, -0.25) is 4.68 Å². The number of aryl methyl sites for hydroxylation is 1. The van der Waals surface area contributed by atoms with Gasteiger partial charge in [0.25, 0.3) is 0 Å². The molecule has 0 spiro atoms. The molecule has 0 fully saturated rings. The Hall–Kier alpha value is -1.03. The molecule has 1 rings (SSSR count). The predicted octanol–water partition coefficient (Wildman–Crippen LogP) is 1.98. The Bertz CT molecular complexity index is 295. The molecule has 0 amide bonds. The van der Waals surface area contributed by atoms with Crippen LogP contribution in [0.5, 0.6) is 0 Å². The minimum atomic E-state index is 0.604. The molecule has 0 aliphatic rings. The maximum Gasteiger partial charge on any atom is 0.145 e. The van der Waals surface area contributed by atoms with E-state index < -0.39 is 0 Å². The maximum atomic E-state index is 5.56. The second-order valence-electron chi connectivity index (χ2n) is 4.48. The van der Waals surface area contributed by atoms with Gasteiger partial charge in [-0.2, -0.15) is 5.10 Å². The molecule has 1 aromatic rings. The number of hydrogen-bond acceptors (Lipinski definition) is 3. The lowest BCUT2D eigenvalue weighted by molar-refractivity contribution is 0.237. The first-order valence-electron chi connectivity index (χ1n) is 6.12. The van der Waals surface area contributed by atoms with Crippen LogP contribution in [-0.4, -0.2) is 34.3 Å². The van der Waals surface area contributed by atoms with Gasteiger partial charge in [0.1, 0.15) is 5.82 Å². The molecule has 0 aromatic carbocycles. The van der Waals surface area contributed by atoms with Crippen LogP contribution in [0.3, 0.4) is 0 Å². The number of nitrogens with zero attached hydrogens (tertiary/aromatic N) is 3. The van der Waals surface area contributed by atoms with Gasteiger partial charge in [0.15, 0.2) is 0 Å². The highest BCUT2D eigenvalue weighted by Crippen LogP contribution is 2.05. The van der Waals surface area contributed by atoms with Crippen LogP contribution < -0.4 is 5.73 Å². The average molecular weight is 224 g/mol. The van der Waals surface area contributed by atoms with Gasteiger partial charge in [-0.1, -0.05) is 13.3 Å². The van der Waals surface area contributed by atoms with Gasteiger partial charge in [0.2, 0.25) is 0 Å². The van der Waals surface area contributed by atoms with Crippen molar-refractivity contribution in [2.24, 2.45) is 0 Å². The van der Waals surface area contributed by atoms with E-state index >= 15 is 0 Å². The van der Waals surface area contributed by atoms with Crippen molar-refractivity contribution >= 4 is 5.82 Å². The minimum Gasteiger partial charge on any atom is -0.382 e. The quantitative estimate of drug-likeness (QED) is 0.770. The van der Waals surface area contributed by atoms with Gasteiger partial charge >= 0.3 is 0 Å². The third kappa shape index (κ3) is 4.23. The van der Waals surface area contributed by atoms with E-state index in [1.807, 2.05) is 16.9 Å². The van der Waals surface area contributed by atoms with Crippen LogP contribution in [0.25, 0.3) is 0 Å². The first-order valence-corrected chi connectivity index (χ1v) is 6.12. The Balaban J connectivity index is 2.19. The molecule has 1 heterocycles. The summed E-state index contributed by atoms with van der Waals surface area (Å²) in [5, 5.41) is 4.16. The van der Waals surface area contributed by atoms with Gasteiger partial charge in [-0.15, -0.1) is 0 Å². The van der Waals surface area contributed by atoms with Crippen molar-refractivity contribution in [3.05, 3.63) is 12.3 Å². The molecule has 1 unspecified atom stereocenters. The topological polar surface area (TPSA) is 47.1 Å². The van der Waals surface area contributed by atoms with Crippen molar-refractivity contribution < 1.29 is 0 Å². The van der Waals surface area contributed by atoms with Crippen molar-refractivity contribution in [3.8, 4) is 0 Å². The summed E-state index contributed by atoms with van der Waals surface area (Å²) in [7, 11) is 2.19. The van der Waals surface area contributed by atoms with Crippen molar-refractivity contribution in [3.63, 3.8) is 0 Å². The molecule has 0 saturated carbocycles. The van der Waals surface area contributed by atoms with Gasteiger partial charge in [-0.25, -0.2) is 0 Å². The summed E-state index contributed by atoms with van der Waals surface area (Å²) in [5.74, 6) is 0.604. The summed E-state index contributed by atoms with van der Waals surface area (Å²) in [5.41, 5.74) is 5.56. The highest BCUT2D eigenvalue weighted by Gasteiger charge is 2.07. The summed E-state index contributed by atoms with van der Waals surface area (Å²) < 4.78 is 1.91. The molecule has 16 heavy (non-hydrogen) atoms. The van der Waals surface area contributed by atoms with E-state index in [-0.39, 0.29) is 0 Å². The zero-order valence-corrected chi connectivity index (χ0v) is 10.7. The standard InChI is InChI=1S/C12H24N4/c1-4-6-11(2)15(3)8-5-9-16-10-7-12(13)14-16/h7,10-11H,4-6,8-9H2,1-3H3,(H2,13,14). The van der Waals surface area contributed by atoms with Crippen molar-refractivity contribution in [1.29, 1.82) is 0 Å². The summed E-state index contributed by atoms with van der Waals surface area (Å²) >= 11 is 0. The fraction of sp³-hybridized carbons (Fsp3) is 0.750. The number of nitrogens with two attached hydrogens (primary N) is 1. The van der Waals surface area contributed by atoms with Crippen LogP contribution in [0.1, 0.15) is 33.1 Å². The number of anilines is 1. The Morgan fingerprint density at radius 2 is 2.31 bits per heavy atom. The van der Waals surface area contributed by atoms with Gasteiger partial charge in [0.05, 0.1) is 0 Å². The summed E-state index contributed by atoms with van der Waals surface area (Å²) in [6.07, 6.45) is 5.57. The smallest absolute Gasteiger partial charge is 0.145 e. The summed E-state index contributed by atoms with van der Waals surface area (Å²) in [4.78, 5) is 2.41. The fourth-order valence-electron chi connectivity index (χ4n) is 1.84. The average Bonchev–Trinajstić information content (AvgIpc) is 2.64. The Labute approximate surface area is 98.4 Å². The highest BCUT2D eigenvalue weighted by molar-refractivity contribution is 5.23. The van der Waals surface area contributed by atoms with E-state index in [1.54, 1.807) is 0 Å². The van der Waals surface area contributed by atoms with Gasteiger partial charge in [-0.05, 0) is 39.4 Å². The zero-order chi connectivity index (χ0) is 12.0. The van der Waals surface area contributed by atoms with E-state index in [0.29, 0.717) is 11.9 Å². The fourth-order valence-corrected chi connectivity index (χ4v) is 1.84. The largest absolute Gasteiger partial charge is 0.382 e. The third-order valence-electron chi connectivity index (χ3n) is 3.02. The minimum absolute atomic E-state index is 0.604. The lowest BCUT2D eigenvalue weighted by atomic mass is 10.1. The second-order valence-corrected chi connectivity index (χ2v) is 4.48. The molecular formula is C12H24N4. The van der Waals surface area contributed by atoms with Crippen LogP contribution in [0.15, 0.2) is 12.3 Å². The zero-order valence-electron chi connectivity index (χ0n) is 10.7. The molecule has 0 bridgehead atoms. The molecule has 1 atom stereocenters. The molecule has 0 saturated heterocycles. The molecule has 0 aliphatic carbocycles. The van der Waals surface area contributed by atoms with Crippen molar-refractivity contribution in [2.45, 2.75) is 45.7 Å². The van der Waals surface area contributed by atoms with Crippen LogP contribution in [0.2, 0.25) is 0 Å². The number of rotatable bonds is 7. The van der Waals surface area contributed by atoms with E-state index in [2.05, 4.69) is 30.9 Å². The lowest BCUT2D eigenvalue weighted by Crippen LogP contribution is -2.30. The van der Waals surface area contributed by atoms with Crippen molar-refractivity contribution in [1.82, 2.24) is 14.7 Å². The summed E-state index contributed by atoms with van der Waals surface area (Å²) in [6, 6.07) is 2.51. The molecular weight excluding hydrogens is 200 g/mol. The van der Waals surface area contributed by atoms with E-state index in [9.17, 15) is 0 Å². The van der Waals surface area contributed by atoms with Crippen LogP contribution in [-0.2, 0) is 6.54 Å². The normalized spacial score (nSPS) is 13.2. The maximum absolute atomic E-state index is 5.56. The van der Waals surface area contributed by atoms with Crippen LogP contribution >= 0.6 is 0 Å². The second kappa shape index (κ2) is 6.53. The molecule has 4 heteroatoms. The first kappa shape index (κ1) is 13.0. The summed E-state index contributed by atoms with van der Waals surface area (Å²) in [6.45, 7) is 6.58. The Morgan fingerprint density at radius 3 is 2.88 bits per heavy atom. The molecule has 0 aliphatic heterocycles. The molecule has 1 aromatic heterocycles. The third-order valence-corrected chi connectivity index (χ3v) is 3.02. The van der Waals surface area contributed by atoms with E-state index in [4.69, 9.17) is 5.73 Å². The molecule has 92 valence electrons. The Kier molecular flexibility index (Phi) is 5.32. The van der Waals surface area contributed by atoms with E-state index in [1.165, 1.54) is 12.8 Å². The number of hydrogen-bond donors (Lipinski definition) is 1. The Morgan fingerprint density at radius 1 is 1.56 bits per heavy atom. The van der Waals surface area contributed by atoms with Crippen LogP contribution in [0.4, 0.5) is 5.82 Å². The lowest BCUT2D eigenvalue weighted by Gasteiger charge is -2.24. The van der Waals surface area contributed by atoms with Crippen LogP contribution in [0, 0.1) is 0 Å². The van der Waals surface area contributed by atoms with E-state index in [0.717, 1.165) is 19.5 Å². The van der Waals surface area contributed by atoms with Crippen molar-refractivity contribution in [2.75, 3.05) is 19.3 Å². The molecule has 4 nitrogen and oxygen atoms in total. The number of aromatic nitrogens is 2.